The van der Waals surface area contributed by atoms with Crippen molar-refractivity contribution in [2.24, 2.45) is 0 Å². The van der Waals surface area contributed by atoms with Crippen LogP contribution in [0.4, 0.5) is 11.7 Å². The summed E-state index contributed by atoms with van der Waals surface area (Å²) in [5, 5.41) is 3.94. The van der Waals surface area contributed by atoms with E-state index in [4.69, 9.17) is 16.0 Å². The van der Waals surface area contributed by atoms with Crippen LogP contribution in [0.25, 0.3) is 0 Å². The fraction of sp³-hybridized carbons (Fsp3) is 0.308. The molecule has 0 saturated heterocycles. The summed E-state index contributed by atoms with van der Waals surface area (Å²) in [6.45, 7) is 2.06. The monoisotopic (exact) mass is 248 g/mol. The Hall–Kier alpha value is -1.48. The van der Waals surface area contributed by atoms with Gasteiger partial charge >= 0.3 is 0 Å². The number of anilines is 2. The van der Waals surface area contributed by atoms with E-state index in [1.54, 1.807) is 6.20 Å². The number of nitrogens with zero attached hydrogens (tertiary/aromatic N) is 1. The SMILES string of the molecule is Cc1cc(C2CC2)c(Cl)cc1Nc1ncco1. The Balaban J connectivity index is 1.92. The van der Waals surface area contributed by atoms with E-state index in [0.29, 0.717) is 11.9 Å². The first-order chi connectivity index (χ1) is 8.24. The zero-order valence-electron chi connectivity index (χ0n) is 9.53. The van der Waals surface area contributed by atoms with E-state index in [9.17, 15) is 0 Å². The third kappa shape index (κ3) is 2.15. The van der Waals surface area contributed by atoms with Gasteiger partial charge in [-0.05, 0) is 42.9 Å². The Labute approximate surface area is 105 Å². The highest BCUT2D eigenvalue weighted by Gasteiger charge is 2.26. The van der Waals surface area contributed by atoms with E-state index >= 15 is 0 Å². The number of benzene rings is 1. The van der Waals surface area contributed by atoms with Gasteiger partial charge in [-0.25, -0.2) is 4.98 Å². The van der Waals surface area contributed by atoms with Crippen LogP contribution in [0.15, 0.2) is 29.0 Å². The van der Waals surface area contributed by atoms with Crippen molar-refractivity contribution in [3.05, 3.63) is 40.7 Å². The summed E-state index contributed by atoms with van der Waals surface area (Å²) in [5.41, 5.74) is 3.37. The zero-order chi connectivity index (χ0) is 11.8. The Morgan fingerprint density at radius 2 is 2.24 bits per heavy atom. The lowest BCUT2D eigenvalue weighted by Gasteiger charge is -2.10. The first-order valence-electron chi connectivity index (χ1n) is 5.70. The van der Waals surface area contributed by atoms with Crippen molar-refractivity contribution < 1.29 is 4.42 Å². The topological polar surface area (TPSA) is 38.1 Å². The number of aromatic nitrogens is 1. The van der Waals surface area contributed by atoms with Gasteiger partial charge in [0, 0.05) is 10.7 Å². The Bertz CT molecular complexity index is 533. The minimum Gasteiger partial charge on any atom is -0.432 e. The minimum atomic E-state index is 0.489. The fourth-order valence-corrected chi connectivity index (χ4v) is 2.26. The molecule has 1 heterocycles. The van der Waals surface area contributed by atoms with Crippen LogP contribution >= 0.6 is 11.6 Å². The number of aryl methyl sites for hydroxylation is 1. The third-order valence-corrected chi connectivity index (χ3v) is 3.36. The lowest BCUT2D eigenvalue weighted by molar-refractivity contribution is 0.578. The smallest absolute Gasteiger partial charge is 0.299 e. The quantitative estimate of drug-likeness (QED) is 0.882. The normalized spacial score (nSPS) is 14.9. The lowest BCUT2D eigenvalue weighted by Crippen LogP contribution is -1.95. The first-order valence-corrected chi connectivity index (χ1v) is 6.08. The molecule has 0 aliphatic heterocycles. The summed E-state index contributed by atoms with van der Waals surface area (Å²) in [4.78, 5) is 4.03. The Kier molecular flexibility index (Phi) is 2.56. The summed E-state index contributed by atoms with van der Waals surface area (Å²) < 4.78 is 5.16. The fourth-order valence-electron chi connectivity index (χ4n) is 1.95. The van der Waals surface area contributed by atoms with Gasteiger partial charge in [-0.3, -0.25) is 0 Å². The van der Waals surface area contributed by atoms with E-state index in [1.165, 1.54) is 24.7 Å². The number of hydrogen-bond acceptors (Lipinski definition) is 3. The van der Waals surface area contributed by atoms with E-state index in [2.05, 4.69) is 23.3 Å². The first kappa shape index (κ1) is 10.7. The molecule has 3 rings (SSSR count). The molecule has 3 nitrogen and oxygen atoms in total. The molecule has 1 aromatic heterocycles. The maximum Gasteiger partial charge on any atom is 0.299 e. The van der Waals surface area contributed by atoms with Crippen molar-refractivity contribution in [1.82, 2.24) is 4.98 Å². The molecule has 1 fully saturated rings. The second kappa shape index (κ2) is 4.08. The standard InChI is InChI=1S/C13H13ClN2O/c1-8-6-10(9-2-3-9)11(14)7-12(8)16-13-15-4-5-17-13/h4-7,9H,2-3H2,1H3,(H,15,16). The molecule has 1 aromatic carbocycles. The highest BCUT2D eigenvalue weighted by molar-refractivity contribution is 6.31. The number of rotatable bonds is 3. The highest BCUT2D eigenvalue weighted by Crippen LogP contribution is 2.44. The number of oxazole rings is 1. The van der Waals surface area contributed by atoms with E-state index < -0.39 is 0 Å². The number of nitrogens with one attached hydrogen (secondary N) is 1. The summed E-state index contributed by atoms with van der Waals surface area (Å²) in [6.07, 6.45) is 5.66. The van der Waals surface area contributed by atoms with Crippen LogP contribution in [0.5, 0.6) is 0 Å². The van der Waals surface area contributed by atoms with Gasteiger partial charge in [0.05, 0.1) is 6.20 Å². The van der Waals surface area contributed by atoms with Crippen molar-refractivity contribution >= 4 is 23.3 Å². The lowest BCUT2D eigenvalue weighted by atomic mass is 10.1. The van der Waals surface area contributed by atoms with Gasteiger partial charge in [-0.2, -0.15) is 0 Å². The van der Waals surface area contributed by atoms with Crippen LogP contribution in [-0.2, 0) is 0 Å². The minimum absolute atomic E-state index is 0.489. The van der Waals surface area contributed by atoms with E-state index in [1.807, 2.05) is 6.07 Å². The van der Waals surface area contributed by atoms with Crippen molar-refractivity contribution in [3.63, 3.8) is 0 Å². The van der Waals surface area contributed by atoms with Gasteiger partial charge in [0.1, 0.15) is 6.26 Å². The summed E-state index contributed by atoms with van der Waals surface area (Å²) in [7, 11) is 0. The molecule has 0 radical (unpaired) electrons. The van der Waals surface area contributed by atoms with Gasteiger partial charge in [0.2, 0.25) is 0 Å². The Morgan fingerprint density at radius 1 is 1.41 bits per heavy atom. The average Bonchev–Trinajstić information content (AvgIpc) is 3.02. The molecule has 0 unspecified atom stereocenters. The van der Waals surface area contributed by atoms with Gasteiger partial charge in [-0.15, -0.1) is 0 Å². The molecule has 0 spiro atoms. The zero-order valence-corrected chi connectivity index (χ0v) is 10.3. The van der Waals surface area contributed by atoms with E-state index in [-0.39, 0.29) is 0 Å². The second-order valence-electron chi connectivity index (χ2n) is 4.43. The van der Waals surface area contributed by atoms with Crippen LogP contribution in [0.2, 0.25) is 5.02 Å². The number of halogens is 1. The van der Waals surface area contributed by atoms with Crippen LogP contribution in [0.3, 0.4) is 0 Å². The average molecular weight is 249 g/mol. The van der Waals surface area contributed by atoms with Crippen molar-refractivity contribution in [1.29, 1.82) is 0 Å². The molecule has 1 N–H and O–H groups in total. The van der Waals surface area contributed by atoms with Crippen LogP contribution in [-0.4, -0.2) is 4.98 Å². The van der Waals surface area contributed by atoms with Crippen LogP contribution < -0.4 is 5.32 Å². The highest BCUT2D eigenvalue weighted by atomic mass is 35.5. The van der Waals surface area contributed by atoms with Crippen LogP contribution in [0, 0.1) is 6.92 Å². The summed E-state index contributed by atoms with van der Waals surface area (Å²) in [6, 6.07) is 4.60. The van der Waals surface area contributed by atoms with Crippen molar-refractivity contribution in [2.75, 3.05) is 5.32 Å². The molecular formula is C13H13ClN2O. The molecule has 17 heavy (non-hydrogen) atoms. The molecule has 1 aliphatic carbocycles. The predicted octanol–water partition coefficient (Wildman–Crippen LogP) is 4.26. The van der Waals surface area contributed by atoms with Crippen LogP contribution in [0.1, 0.15) is 29.9 Å². The second-order valence-corrected chi connectivity index (χ2v) is 4.83. The predicted molar refractivity (Wildman–Crippen MR) is 67.9 cm³/mol. The molecule has 0 atom stereocenters. The maximum absolute atomic E-state index is 6.29. The molecule has 1 saturated carbocycles. The third-order valence-electron chi connectivity index (χ3n) is 3.03. The molecule has 2 aromatic rings. The van der Waals surface area contributed by atoms with Gasteiger partial charge in [0.25, 0.3) is 6.01 Å². The molecule has 1 aliphatic rings. The van der Waals surface area contributed by atoms with Crippen molar-refractivity contribution in [2.45, 2.75) is 25.7 Å². The van der Waals surface area contributed by atoms with E-state index in [0.717, 1.165) is 16.3 Å². The molecular weight excluding hydrogens is 236 g/mol. The van der Waals surface area contributed by atoms with Gasteiger partial charge in [0.15, 0.2) is 0 Å². The Morgan fingerprint density at radius 3 is 2.88 bits per heavy atom. The molecule has 88 valence electrons. The molecule has 0 bridgehead atoms. The largest absolute Gasteiger partial charge is 0.432 e. The summed E-state index contributed by atoms with van der Waals surface area (Å²) >= 11 is 6.29. The maximum atomic E-state index is 6.29. The van der Waals surface area contributed by atoms with Gasteiger partial charge < -0.3 is 9.73 Å². The number of hydrogen-bond donors (Lipinski definition) is 1. The van der Waals surface area contributed by atoms with Gasteiger partial charge in [-0.1, -0.05) is 17.7 Å². The molecule has 0 amide bonds. The molecule has 4 heteroatoms. The summed E-state index contributed by atoms with van der Waals surface area (Å²) in [5.74, 6) is 0.664. The van der Waals surface area contributed by atoms with Crippen molar-refractivity contribution in [3.8, 4) is 0 Å².